The maximum Gasteiger partial charge on any atom is 0.311 e. The molecule has 0 bridgehead atoms. The van der Waals surface area contributed by atoms with Gasteiger partial charge in [0.25, 0.3) is 0 Å². The summed E-state index contributed by atoms with van der Waals surface area (Å²) in [7, 11) is -3.27. The molecule has 0 N–H and O–H groups in total. The largest absolute Gasteiger partial charge is 0.465 e. The Morgan fingerprint density at radius 3 is 2.37 bits per heavy atom. The van der Waals surface area contributed by atoms with E-state index in [9.17, 15) is 18.0 Å². The van der Waals surface area contributed by atoms with Gasteiger partial charge in [-0.1, -0.05) is 31.4 Å². The van der Waals surface area contributed by atoms with Crippen molar-refractivity contribution < 1.29 is 22.7 Å². The van der Waals surface area contributed by atoms with Crippen LogP contribution >= 0.6 is 0 Å². The number of hydrogen-bond donors (Lipinski definition) is 0. The first-order valence-corrected chi connectivity index (χ1v) is 11.5. The molecule has 27 heavy (non-hydrogen) atoms. The third-order valence-electron chi connectivity index (χ3n) is 6.42. The summed E-state index contributed by atoms with van der Waals surface area (Å²) in [6, 6.07) is 6.80. The zero-order valence-corrected chi connectivity index (χ0v) is 16.3. The van der Waals surface area contributed by atoms with Gasteiger partial charge in [0, 0.05) is 25.3 Å². The molecule has 1 amide bonds. The van der Waals surface area contributed by atoms with E-state index in [1.807, 2.05) is 4.90 Å². The Morgan fingerprint density at radius 1 is 1.11 bits per heavy atom. The number of carbonyl (C=O) groups excluding carboxylic acids is 2. The van der Waals surface area contributed by atoms with Crippen molar-refractivity contribution in [2.24, 2.45) is 11.8 Å². The van der Waals surface area contributed by atoms with E-state index in [0.717, 1.165) is 37.7 Å². The van der Waals surface area contributed by atoms with E-state index in [4.69, 9.17) is 4.74 Å². The summed E-state index contributed by atoms with van der Waals surface area (Å²) in [6.45, 7) is 1.41. The van der Waals surface area contributed by atoms with Gasteiger partial charge < -0.3 is 9.64 Å². The average Bonchev–Trinajstić information content (AvgIpc) is 3.23. The van der Waals surface area contributed by atoms with Crippen molar-refractivity contribution in [2.75, 3.05) is 26.0 Å². The number of hydrogen-bond acceptors (Lipinski definition) is 5. The smallest absolute Gasteiger partial charge is 0.311 e. The molecule has 0 spiro atoms. The molecule has 1 saturated carbocycles. The first-order chi connectivity index (χ1) is 12.8. The molecule has 2 saturated heterocycles. The minimum atomic E-state index is -3.27. The van der Waals surface area contributed by atoms with Crippen LogP contribution in [0.5, 0.6) is 0 Å². The maximum absolute atomic E-state index is 13.6. The van der Waals surface area contributed by atoms with Crippen LogP contribution in [0.1, 0.15) is 37.7 Å². The third kappa shape index (κ3) is 3.16. The van der Waals surface area contributed by atoms with Crippen LogP contribution in [0.25, 0.3) is 0 Å². The molecule has 0 aromatic heterocycles. The highest BCUT2D eigenvalue weighted by atomic mass is 32.2. The lowest BCUT2D eigenvalue weighted by molar-refractivity contribution is -0.143. The lowest BCUT2D eigenvalue weighted by Crippen LogP contribution is -2.47. The van der Waals surface area contributed by atoms with Crippen LogP contribution in [-0.4, -0.2) is 51.1 Å². The van der Waals surface area contributed by atoms with Gasteiger partial charge in [0.1, 0.15) is 0 Å². The Bertz CT molecular complexity index is 855. The second-order valence-electron chi connectivity index (χ2n) is 8.15. The quantitative estimate of drug-likeness (QED) is 0.736. The van der Waals surface area contributed by atoms with E-state index in [0.29, 0.717) is 19.7 Å². The van der Waals surface area contributed by atoms with E-state index in [2.05, 4.69) is 0 Å². The minimum Gasteiger partial charge on any atom is -0.465 e. The number of sulfone groups is 1. The Kier molecular flexibility index (Phi) is 4.53. The topological polar surface area (TPSA) is 80.8 Å². The predicted molar refractivity (Wildman–Crippen MR) is 98.8 cm³/mol. The lowest BCUT2D eigenvalue weighted by Gasteiger charge is -2.39. The van der Waals surface area contributed by atoms with Crippen LogP contribution in [0.15, 0.2) is 29.2 Å². The second kappa shape index (κ2) is 6.62. The molecule has 1 aromatic carbocycles. The monoisotopic (exact) mass is 391 g/mol. The molecule has 6 nitrogen and oxygen atoms in total. The fraction of sp³-hybridized carbons (Fsp3) is 0.600. The molecule has 3 aliphatic rings. The zero-order valence-electron chi connectivity index (χ0n) is 15.5. The van der Waals surface area contributed by atoms with Crippen LogP contribution < -0.4 is 0 Å². The minimum absolute atomic E-state index is 0.0801. The standard InChI is InChI=1S/C20H25NO5S/c1-27(24,25)16-7-5-15(6-8-16)20(9-3-2-4-10-20)19(23)21-11-14-13-26-18(22)17(14)12-21/h5-8,14,17H,2-4,9-13H2,1H3/t14-,17-/m1/s1. The van der Waals surface area contributed by atoms with E-state index in [1.54, 1.807) is 24.3 Å². The molecule has 146 valence electrons. The van der Waals surface area contributed by atoms with Gasteiger partial charge in [-0.25, -0.2) is 8.42 Å². The van der Waals surface area contributed by atoms with Crippen molar-refractivity contribution in [3.8, 4) is 0 Å². The molecule has 1 aliphatic carbocycles. The molecular weight excluding hydrogens is 366 g/mol. The van der Waals surface area contributed by atoms with Crippen molar-refractivity contribution >= 4 is 21.7 Å². The number of esters is 1. The molecule has 1 aromatic rings. The van der Waals surface area contributed by atoms with Gasteiger partial charge in [0.2, 0.25) is 5.91 Å². The van der Waals surface area contributed by atoms with Gasteiger partial charge in [-0.15, -0.1) is 0 Å². The second-order valence-corrected chi connectivity index (χ2v) is 10.2. The zero-order chi connectivity index (χ0) is 19.2. The highest BCUT2D eigenvalue weighted by Gasteiger charge is 2.50. The number of likely N-dealkylation sites (tertiary alicyclic amines) is 1. The number of amides is 1. The van der Waals surface area contributed by atoms with Crippen LogP contribution in [0.3, 0.4) is 0 Å². The van der Waals surface area contributed by atoms with Crippen LogP contribution in [0.2, 0.25) is 0 Å². The molecular formula is C20H25NO5S. The van der Waals surface area contributed by atoms with Crippen molar-refractivity contribution in [2.45, 2.75) is 42.4 Å². The summed E-state index contributed by atoms with van der Waals surface area (Å²) in [6.07, 6.45) is 5.77. The Morgan fingerprint density at radius 2 is 1.78 bits per heavy atom. The number of cyclic esters (lactones) is 1. The van der Waals surface area contributed by atoms with E-state index < -0.39 is 15.3 Å². The third-order valence-corrected chi connectivity index (χ3v) is 7.55. The molecule has 4 rings (SSSR count). The summed E-state index contributed by atoms with van der Waals surface area (Å²) in [5.41, 5.74) is 0.274. The summed E-state index contributed by atoms with van der Waals surface area (Å²) in [5.74, 6) is -0.195. The fourth-order valence-electron chi connectivity index (χ4n) is 4.87. The molecule has 2 atom stereocenters. The SMILES string of the molecule is CS(=O)(=O)c1ccc(C2(C(=O)N3C[C@@H]4COC(=O)[C@@H]4C3)CCCCC2)cc1. The number of carbonyl (C=O) groups is 2. The molecule has 0 unspecified atom stereocenters. The van der Waals surface area contributed by atoms with E-state index in [1.165, 1.54) is 6.26 Å². The highest BCUT2D eigenvalue weighted by Crippen LogP contribution is 2.43. The van der Waals surface area contributed by atoms with Gasteiger partial charge in [-0.3, -0.25) is 9.59 Å². The molecule has 3 fully saturated rings. The average molecular weight is 391 g/mol. The van der Waals surface area contributed by atoms with Crippen LogP contribution in [0.4, 0.5) is 0 Å². The summed E-state index contributed by atoms with van der Waals surface area (Å²) < 4.78 is 28.6. The van der Waals surface area contributed by atoms with E-state index in [-0.39, 0.29) is 28.6 Å². The van der Waals surface area contributed by atoms with Gasteiger partial charge >= 0.3 is 5.97 Å². The van der Waals surface area contributed by atoms with Crippen molar-refractivity contribution in [1.29, 1.82) is 0 Å². The Hall–Kier alpha value is -1.89. The normalized spacial score (nSPS) is 27.3. The molecule has 2 heterocycles. The highest BCUT2D eigenvalue weighted by molar-refractivity contribution is 7.90. The lowest BCUT2D eigenvalue weighted by atomic mass is 9.68. The van der Waals surface area contributed by atoms with Crippen LogP contribution in [-0.2, 0) is 29.6 Å². The number of ether oxygens (including phenoxy) is 1. The first-order valence-electron chi connectivity index (χ1n) is 9.58. The van der Waals surface area contributed by atoms with Crippen LogP contribution in [0, 0.1) is 11.8 Å². The molecule has 7 heteroatoms. The molecule has 2 aliphatic heterocycles. The number of fused-ring (bicyclic) bond motifs is 1. The van der Waals surface area contributed by atoms with Gasteiger partial charge in [0.05, 0.1) is 22.8 Å². The summed E-state index contributed by atoms with van der Waals surface area (Å²) in [4.78, 5) is 27.6. The van der Waals surface area contributed by atoms with Crippen molar-refractivity contribution in [1.82, 2.24) is 4.90 Å². The summed E-state index contributed by atoms with van der Waals surface area (Å²) >= 11 is 0. The van der Waals surface area contributed by atoms with Gasteiger partial charge in [-0.05, 0) is 30.5 Å². The Labute approximate surface area is 159 Å². The maximum atomic E-state index is 13.6. The fourth-order valence-corrected chi connectivity index (χ4v) is 5.50. The van der Waals surface area contributed by atoms with Gasteiger partial charge in [-0.2, -0.15) is 0 Å². The number of benzene rings is 1. The van der Waals surface area contributed by atoms with E-state index >= 15 is 0 Å². The van der Waals surface area contributed by atoms with Crippen molar-refractivity contribution in [3.63, 3.8) is 0 Å². The Balaban J connectivity index is 1.64. The van der Waals surface area contributed by atoms with Crippen molar-refractivity contribution in [3.05, 3.63) is 29.8 Å². The first kappa shape index (κ1) is 18.5. The number of rotatable bonds is 3. The molecule has 0 radical (unpaired) electrons. The predicted octanol–water partition coefficient (Wildman–Crippen LogP) is 1.92. The number of nitrogens with zero attached hydrogens (tertiary/aromatic N) is 1. The van der Waals surface area contributed by atoms with Gasteiger partial charge in [0.15, 0.2) is 9.84 Å². The summed E-state index contributed by atoms with van der Waals surface area (Å²) in [5, 5.41) is 0.